The highest BCUT2D eigenvalue weighted by atomic mass is 79.9. The van der Waals surface area contributed by atoms with Gasteiger partial charge in [-0.2, -0.15) is 0 Å². The molecule has 0 aliphatic carbocycles. The molecule has 5 nitrogen and oxygen atoms in total. The Kier molecular flexibility index (Phi) is 5.37. The van der Waals surface area contributed by atoms with E-state index in [1.165, 1.54) is 0 Å². The third-order valence-electron chi connectivity index (χ3n) is 3.54. The normalized spacial score (nSPS) is 17.1. The number of amides is 1. The predicted molar refractivity (Wildman–Crippen MR) is 83.6 cm³/mol. The molecule has 0 spiro atoms. The van der Waals surface area contributed by atoms with Gasteiger partial charge in [0.25, 0.3) is 0 Å². The predicted octanol–water partition coefficient (Wildman–Crippen LogP) is 1.62. The van der Waals surface area contributed by atoms with E-state index in [-0.39, 0.29) is 11.9 Å². The van der Waals surface area contributed by atoms with E-state index in [4.69, 9.17) is 5.73 Å². The minimum absolute atomic E-state index is 0.0789. The molecule has 110 valence electrons. The van der Waals surface area contributed by atoms with Crippen LogP contribution in [0, 0.1) is 0 Å². The summed E-state index contributed by atoms with van der Waals surface area (Å²) in [6, 6.07) is 3.62. The van der Waals surface area contributed by atoms with Gasteiger partial charge in [0.2, 0.25) is 5.91 Å². The van der Waals surface area contributed by atoms with Crippen molar-refractivity contribution in [2.45, 2.75) is 25.8 Å². The van der Waals surface area contributed by atoms with Gasteiger partial charge in [-0.3, -0.25) is 4.79 Å². The number of carbonyl (C=O) groups is 1. The van der Waals surface area contributed by atoms with Gasteiger partial charge < -0.3 is 15.5 Å². The first-order chi connectivity index (χ1) is 9.61. The van der Waals surface area contributed by atoms with E-state index in [1.807, 2.05) is 24.0 Å². The summed E-state index contributed by atoms with van der Waals surface area (Å²) in [7, 11) is 0. The summed E-state index contributed by atoms with van der Waals surface area (Å²) in [5, 5.41) is 0. The van der Waals surface area contributed by atoms with Gasteiger partial charge in [-0.1, -0.05) is 13.3 Å². The molecule has 2 heterocycles. The highest BCUT2D eigenvalue weighted by Crippen LogP contribution is 2.16. The second kappa shape index (κ2) is 7.04. The van der Waals surface area contributed by atoms with Crippen molar-refractivity contribution in [1.29, 1.82) is 0 Å². The number of nitrogens with two attached hydrogens (primary N) is 1. The highest BCUT2D eigenvalue weighted by molar-refractivity contribution is 9.10. The SMILES string of the molecule is CCC[C@H](N)C(=O)N1CCN(c2ccc(Br)cn2)CC1. The summed E-state index contributed by atoms with van der Waals surface area (Å²) < 4.78 is 0.973. The molecule has 1 fully saturated rings. The first-order valence-corrected chi connectivity index (χ1v) is 7.82. The van der Waals surface area contributed by atoms with Crippen molar-refractivity contribution in [2.75, 3.05) is 31.1 Å². The van der Waals surface area contributed by atoms with E-state index in [1.54, 1.807) is 6.20 Å². The lowest BCUT2D eigenvalue weighted by molar-refractivity contribution is -0.133. The standard InChI is InChI=1S/C14H21BrN4O/c1-2-3-12(16)14(20)19-8-6-18(7-9-19)13-5-4-11(15)10-17-13/h4-5,10,12H,2-3,6-9,16H2,1H3/t12-/m0/s1. The molecule has 1 saturated heterocycles. The molecule has 0 aromatic carbocycles. The number of halogens is 1. The number of rotatable bonds is 4. The minimum atomic E-state index is -0.350. The van der Waals surface area contributed by atoms with Crippen molar-refractivity contribution >= 4 is 27.7 Å². The summed E-state index contributed by atoms with van der Waals surface area (Å²) in [5.41, 5.74) is 5.90. The first kappa shape index (κ1) is 15.3. The van der Waals surface area contributed by atoms with Gasteiger partial charge in [0.1, 0.15) is 5.82 Å². The maximum Gasteiger partial charge on any atom is 0.239 e. The summed E-state index contributed by atoms with van der Waals surface area (Å²) >= 11 is 3.38. The van der Waals surface area contributed by atoms with E-state index in [0.29, 0.717) is 13.1 Å². The molecule has 0 radical (unpaired) electrons. The lowest BCUT2D eigenvalue weighted by Crippen LogP contribution is -2.53. The quantitative estimate of drug-likeness (QED) is 0.904. The van der Waals surface area contributed by atoms with E-state index in [9.17, 15) is 4.79 Å². The number of anilines is 1. The number of hydrogen-bond acceptors (Lipinski definition) is 4. The number of aromatic nitrogens is 1. The Morgan fingerprint density at radius 1 is 1.40 bits per heavy atom. The zero-order valence-corrected chi connectivity index (χ0v) is 13.3. The minimum Gasteiger partial charge on any atom is -0.353 e. The van der Waals surface area contributed by atoms with Crippen LogP contribution in [0.2, 0.25) is 0 Å². The Hall–Kier alpha value is -1.14. The van der Waals surface area contributed by atoms with Crippen LogP contribution in [-0.4, -0.2) is 48.0 Å². The topological polar surface area (TPSA) is 62.5 Å². The van der Waals surface area contributed by atoms with Crippen LogP contribution in [0.1, 0.15) is 19.8 Å². The van der Waals surface area contributed by atoms with Gasteiger partial charge >= 0.3 is 0 Å². The monoisotopic (exact) mass is 340 g/mol. The highest BCUT2D eigenvalue weighted by Gasteiger charge is 2.25. The Labute approximate surface area is 128 Å². The number of hydrogen-bond donors (Lipinski definition) is 1. The Balaban J connectivity index is 1.89. The lowest BCUT2D eigenvalue weighted by atomic mass is 10.1. The third kappa shape index (κ3) is 3.70. The van der Waals surface area contributed by atoms with Crippen molar-refractivity contribution in [3.05, 3.63) is 22.8 Å². The summed E-state index contributed by atoms with van der Waals surface area (Å²) in [4.78, 5) is 20.6. The fourth-order valence-corrected chi connectivity index (χ4v) is 2.61. The van der Waals surface area contributed by atoms with Gasteiger partial charge in [-0.25, -0.2) is 4.98 Å². The van der Waals surface area contributed by atoms with Gasteiger partial charge in [-0.15, -0.1) is 0 Å². The smallest absolute Gasteiger partial charge is 0.239 e. The largest absolute Gasteiger partial charge is 0.353 e. The molecule has 1 aromatic heterocycles. The molecule has 2 N–H and O–H groups in total. The van der Waals surface area contributed by atoms with Crippen LogP contribution in [-0.2, 0) is 4.79 Å². The van der Waals surface area contributed by atoms with E-state index >= 15 is 0 Å². The molecule has 1 aliphatic rings. The molecular weight excluding hydrogens is 320 g/mol. The average Bonchev–Trinajstić information content (AvgIpc) is 2.48. The lowest BCUT2D eigenvalue weighted by Gasteiger charge is -2.36. The zero-order chi connectivity index (χ0) is 14.5. The molecule has 1 aromatic rings. The van der Waals surface area contributed by atoms with E-state index < -0.39 is 0 Å². The molecule has 1 atom stereocenters. The number of piperazine rings is 1. The van der Waals surface area contributed by atoms with Gasteiger partial charge in [0, 0.05) is 36.8 Å². The molecule has 0 saturated carbocycles. The molecule has 1 amide bonds. The van der Waals surface area contributed by atoms with Gasteiger partial charge in [0.15, 0.2) is 0 Å². The maximum atomic E-state index is 12.1. The van der Waals surface area contributed by atoms with Crippen LogP contribution in [0.25, 0.3) is 0 Å². The number of pyridine rings is 1. The van der Waals surface area contributed by atoms with Crippen LogP contribution in [0.15, 0.2) is 22.8 Å². The van der Waals surface area contributed by atoms with Crippen molar-refractivity contribution in [2.24, 2.45) is 5.73 Å². The maximum absolute atomic E-state index is 12.1. The van der Waals surface area contributed by atoms with Crippen LogP contribution >= 0.6 is 15.9 Å². The van der Waals surface area contributed by atoms with Gasteiger partial charge in [-0.05, 0) is 34.5 Å². The molecule has 20 heavy (non-hydrogen) atoms. The van der Waals surface area contributed by atoms with Crippen LogP contribution in [0.4, 0.5) is 5.82 Å². The number of carbonyl (C=O) groups excluding carboxylic acids is 1. The second-order valence-corrected chi connectivity index (χ2v) is 5.96. The summed E-state index contributed by atoms with van der Waals surface area (Å²) in [6.07, 6.45) is 3.49. The van der Waals surface area contributed by atoms with Crippen molar-refractivity contribution in [3.63, 3.8) is 0 Å². The van der Waals surface area contributed by atoms with E-state index in [0.717, 1.165) is 36.2 Å². The summed E-state index contributed by atoms with van der Waals surface area (Å²) in [5.74, 6) is 1.04. The molecular formula is C14H21BrN4O. The van der Waals surface area contributed by atoms with Crippen LogP contribution in [0.3, 0.4) is 0 Å². The molecule has 1 aliphatic heterocycles. The van der Waals surface area contributed by atoms with Crippen LogP contribution in [0.5, 0.6) is 0 Å². The fraction of sp³-hybridized carbons (Fsp3) is 0.571. The molecule has 6 heteroatoms. The Morgan fingerprint density at radius 3 is 2.65 bits per heavy atom. The molecule has 0 bridgehead atoms. The van der Waals surface area contributed by atoms with Crippen molar-refractivity contribution < 1.29 is 4.79 Å². The van der Waals surface area contributed by atoms with E-state index in [2.05, 4.69) is 25.8 Å². The summed E-state index contributed by atoms with van der Waals surface area (Å²) in [6.45, 7) is 5.09. The Bertz CT molecular complexity index is 443. The molecule has 2 rings (SSSR count). The van der Waals surface area contributed by atoms with Gasteiger partial charge in [0.05, 0.1) is 6.04 Å². The second-order valence-electron chi connectivity index (χ2n) is 5.04. The molecule has 0 unspecified atom stereocenters. The van der Waals surface area contributed by atoms with Crippen molar-refractivity contribution in [3.8, 4) is 0 Å². The third-order valence-corrected chi connectivity index (χ3v) is 4.01. The van der Waals surface area contributed by atoms with Crippen LogP contribution < -0.4 is 10.6 Å². The zero-order valence-electron chi connectivity index (χ0n) is 11.8. The fourth-order valence-electron chi connectivity index (χ4n) is 2.38. The number of nitrogens with zero attached hydrogens (tertiary/aromatic N) is 3. The van der Waals surface area contributed by atoms with Crippen molar-refractivity contribution in [1.82, 2.24) is 9.88 Å². The first-order valence-electron chi connectivity index (χ1n) is 7.02. The Morgan fingerprint density at radius 2 is 2.10 bits per heavy atom. The average molecular weight is 341 g/mol.